The Kier molecular flexibility index (Phi) is 13.1. The summed E-state index contributed by atoms with van der Waals surface area (Å²) in [6.07, 6.45) is 2.28. The van der Waals surface area contributed by atoms with Crippen LogP contribution in [0.4, 0.5) is 0 Å². The Balaban J connectivity index is 3.50. The van der Waals surface area contributed by atoms with E-state index in [1.54, 1.807) is 33.8 Å². The van der Waals surface area contributed by atoms with E-state index in [4.69, 9.17) is 14.2 Å². The number of carboxylic acid groups (broad SMARTS) is 1. The number of hydrogen-bond acceptors (Lipinski definition) is 8. The molecule has 0 spiro atoms. The van der Waals surface area contributed by atoms with E-state index in [2.05, 4.69) is 5.32 Å². The topological polar surface area (TPSA) is 128 Å². The highest BCUT2D eigenvalue weighted by Gasteiger charge is 2.46. The van der Waals surface area contributed by atoms with E-state index in [-0.39, 0.29) is 48.6 Å². The van der Waals surface area contributed by atoms with Gasteiger partial charge in [0.05, 0.1) is 5.41 Å². The molecule has 4 atom stereocenters. The van der Waals surface area contributed by atoms with Crippen LogP contribution in [-0.2, 0) is 30.3 Å². The Morgan fingerprint density at radius 2 is 1.36 bits per heavy atom. The summed E-state index contributed by atoms with van der Waals surface area (Å²) in [6, 6.07) is 4.21. The van der Waals surface area contributed by atoms with Crippen molar-refractivity contribution in [2.24, 2.45) is 17.3 Å². The Labute approximate surface area is 233 Å². The second-order valence-corrected chi connectivity index (χ2v) is 11.6. The summed E-state index contributed by atoms with van der Waals surface area (Å²) in [6.45, 7) is 16.4. The van der Waals surface area contributed by atoms with Crippen LogP contribution in [0.1, 0.15) is 100.0 Å². The lowest BCUT2D eigenvalue weighted by molar-refractivity contribution is -0.190. The zero-order chi connectivity index (χ0) is 30.0. The van der Waals surface area contributed by atoms with Gasteiger partial charge in [-0.3, -0.25) is 19.7 Å². The zero-order valence-corrected chi connectivity index (χ0v) is 25.0. The van der Waals surface area contributed by atoms with Crippen LogP contribution >= 0.6 is 0 Å². The zero-order valence-electron chi connectivity index (χ0n) is 25.0. The number of hydrogen-bond donors (Lipinski definition) is 2. The first-order chi connectivity index (χ1) is 18.1. The van der Waals surface area contributed by atoms with Crippen LogP contribution in [0.15, 0.2) is 18.2 Å². The summed E-state index contributed by atoms with van der Waals surface area (Å²) in [5, 5.41) is 13.2. The summed E-state index contributed by atoms with van der Waals surface area (Å²) < 4.78 is 16.8. The van der Waals surface area contributed by atoms with Crippen molar-refractivity contribution in [3.05, 3.63) is 23.8 Å². The van der Waals surface area contributed by atoms with E-state index in [0.29, 0.717) is 12.0 Å². The quantitative estimate of drug-likeness (QED) is 0.161. The molecule has 9 heteroatoms. The van der Waals surface area contributed by atoms with Gasteiger partial charge in [-0.1, -0.05) is 53.5 Å². The molecule has 0 aliphatic rings. The average molecular weight is 550 g/mol. The molecule has 0 radical (unpaired) electrons. The molecule has 1 aromatic carbocycles. The van der Waals surface area contributed by atoms with Crippen molar-refractivity contribution in [2.75, 3.05) is 0 Å². The number of carboxylic acids is 1. The monoisotopic (exact) mass is 549 g/mol. The fourth-order valence-electron chi connectivity index (χ4n) is 3.41. The summed E-state index contributed by atoms with van der Waals surface area (Å²) in [7, 11) is 0. The molecule has 2 N–H and O–H groups in total. The molecule has 0 bridgehead atoms. The Bertz CT molecular complexity index is 999. The van der Waals surface area contributed by atoms with E-state index in [0.717, 1.165) is 12.8 Å². The van der Waals surface area contributed by atoms with Crippen LogP contribution in [-0.4, -0.2) is 40.8 Å². The number of aliphatic carboxylic acids is 1. The van der Waals surface area contributed by atoms with Crippen LogP contribution < -0.4 is 14.8 Å². The molecule has 0 aromatic heterocycles. The molecule has 0 aliphatic heterocycles. The van der Waals surface area contributed by atoms with Gasteiger partial charge in [0.25, 0.3) is 5.72 Å². The van der Waals surface area contributed by atoms with E-state index in [9.17, 15) is 24.3 Å². The summed E-state index contributed by atoms with van der Waals surface area (Å²) >= 11 is 0. The lowest BCUT2D eigenvalue weighted by Crippen LogP contribution is -2.60. The number of esters is 3. The molecule has 9 nitrogen and oxygen atoms in total. The maximum Gasteiger partial charge on any atom is 0.364 e. The first-order valence-corrected chi connectivity index (χ1v) is 13.9. The number of ether oxygens (including phenoxy) is 3. The Morgan fingerprint density at radius 3 is 1.79 bits per heavy atom. The highest BCUT2D eigenvalue weighted by atomic mass is 16.6. The largest absolute Gasteiger partial charge is 0.477 e. The predicted molar refractivity (Wildman–Crippen MR) is 148 cm³/mol. The minimum atomic E-state index is -2.08. The maximum atomic E-state index is 12.8. The van der Waals surface area contributed by atoms with Crippen LogP contribution in [0.5, 0.6) is 11.5 Å². The predicted octanol–water partition coefficient (Wildman–Crippen LogP) is 5.67. The standard InChI is InChI=1S/C30H47NO8/c1-10-19(4)15-25(32)37-23-14-13-22(17-24(23)38-26(33)16-20(5)11-2)18-30(27(34)35,31-21(6)12-3)39-28(36)29(7,8)9/h13-14,17,19-21,31H,10-12,15-16,18H2,1-9H3,(H,34,35)/t19?,20?,21?,30-/m0/s1. The van der Waals surface area contributed by atoms with Gasteiger partial charge in [-0.25, -0.2) is 4.79 Å². The van der Waals surface area contributed by atoms with E-state index in [1.807, 2.05) is 34.6 Å². The summed E-state index contributed by atoms with van der Waals surface area (Å²) in [5.74, 6) is -2.73. The maximum absolute atomic E-state index is 12.8. The van der Waals surface area contributed by atoms with Crippen molar-refractivity contribution in [2.45, 2.75) is 113 Å². The van der Waals surface area contributed by atoms with Gasteiger partial charge in [0, 0.05) is 25.3 Å². The van der Waals surface area contributed by atoms with Crippen LogP contribution in [0.25, 0.3) is 0 Å². The molecule has 3 unspecified atom stereocenters. The third-order valence-electron chi connectivity index (χ3n) is 6.65. The lowest BCUT2D eigenvalue weighted by atomic mass is 9.95. The van der Waals surface area contributed by atoms with E-state index in [1.165, 1.54) is 12.1 Å². The van der Waals surface area contributed by atoms with Gasteiger partial charge in [-0.2, -0.15) is 0 Å². The van der Waals surface area contributed by atoms with Gasteiger partial charge < -0.3 is 19.3 Å². The van der Waals surface area contributed by atoms with Crippen LogP contribution in [0.3, 0.4) is 0 Å². The van der Waals surface area contributed by atoms with Gasteiger partial charge in [0.1, 0.15) is 0 Å². The third kappa shape index (κ3) is 11.0. The average Bonchev–Trinajstić information content (AvgIpc) is 2.84. The van der Waals surface area contributed by atoms with E-state index >= 15 is 0 Å². The molecule has 0 heterocycles. The van der Waals surface area contributed by atoms with Gasteiger partial charge in [0.2, 0.25) is 0 Å². The van der Waals surface area contributed by atoms with Crippen LogP contribution in [0.2, 0.25) is 0 Å². The van der Waals surface area contributed by atoms with Crippen molar-refractivity contribution in [1.82, 2.24) is 5.32 Å². The SMILES string of the molecule is CCC(C)CC(=O)Oc1ccc(C[C@](NC(C)CC)(OC(=O)C(C)(C)C)C(=O)O)cc1OC(=O)CC(C)CC. The Morgan fingerprint density at radius 1 is 0.846 bits per heavy atom. The van der Waals surface area contributed by atoms with Crippen molar-refractivity contribution < 1.29 is 38.5 Å². The first kappa shape index (κ1) is 34.1. The molecule has 39 heavy (non-hydrogen) atoms. The van der Waals surface area contributed by atoms with E-state index < -0.39 is 35.0 Å². The summed E-state index contributed by atoms with van der Waals surface area (Å²) in [5.41, 5.74) is -2.61. The normalized spacial score (nSPS) is 15.4. The smallest absolute Gasteiger partial charge is 0.364 e. The molecular formula is C30H47NO8. The molecule has 220 valence electrons. The number of benzene rings is 1. The second kappa shape index (κ2) is 15.0. The van der Waals surface area contributed by atoms with Gasteiger partial charge in [-0.15, -0.1) is 0 Å². The minimum absolute atomic E-state index is 0.00304. The minimum Gasteiger partial charge on any atom is -0.477 e. The molecule has 0 saturated heterocycles. The number of carbonyl (C=O) groups excluding carboxylic acids is 3. The van der Waals surface area contributed by atoms with Crippen molar-refractivity contribution in [1.29, 1.82) is 0 Å². The molecular weight excluding hydrogens is 502 g/mol. The van der Waals surface area contributed by atoms with Crippen molar-refractivity contribution >= 4 is 23.9 Å². The fourth-order valence-corrected chi connectivity index (χ4v) is 3.41. The highest BCUT2D eigenvalue weighted by molar-refractivity contribution is 5.84. The van der Waals surface area contributed by atoms with Crippen LogP contribution in [0, 0.1) is 17.3 Å². The highest BCUT2D eigenvalue weighted by Crippen LogP contribution is 2.33. The number of rotatable bonds is 15. The summed E-state index contributed by atoms with van der Waals surface area (Å²) in [4.78, 5) is 50.6. The number of carbonyl (C=O) groups is 4. The lowest BCUT2D eigenvalue weighted by Gasteiger charge is -2.35. The van der Waals surface area contributed by atoms with Crippen molar-refractivity contribution in [3.63, 3.8) is 0 Å². The fraction of sp³-hybridized carbons (Fsp3) is 0.667. The third-order valence-corrected chi connectivity index (χ3v) is 6.65. The van der Waals surface area contributed by atoms with Gasteiger partial charge in [-0.05, 0) is 63.6 Å². The first-order valence-electron chi connectivity index (χ1n) is 13.9. The number of nitrogens with one attached hydrogen (secondary N) is 1. The van der Waals surface area contributed by atoms with Gasteiger partial charge >= 0.3 is 23.9 Å². The molecule has 1 rings (SSSR count). The molecule has 0 amide bonds. The molecule has 1 aromatic rings. The molecule has 0 saturated carbocycles. The second-order valence-electron chi connectivity index (χ2n) is 11.6. The molecule has 0 fully saturated rings. The van der Waals surface area contributed by atoms with Gasteiger partial charge in [0.15, 0.2) is 11.5 Å². The molecule has 0 aliphatic carbocycles. The van der Waals surface area contributed by atoms with Crippen molar-refractivity contribution in [3.8, 4) is 11.5 Å². The Hall–Kier alpha value is -2.94.